The number of hydrogen-bond donors (Lipinski definition) is 2. The van der Waals surface area contributed by atoms with Gasteiger partial charge in [-0.2, -0.15) is 0 Å². The lowest BCUT2D eigenvalue weighted by Crippen LogP contribution is -2.30. The van der Waals surface area contributed by atoms with E-state index in [0.29, 0.717) is 5.11 Å². The van der Waals surface area contributed by atoms with Crippen LogP contribution in [-0.4, -0.2) is 19.3 Å². The lowest BCUT2D eigenvalue weighted by molar-refractivity contribution is 0.386. The highest BCUT2D eigenvalue weighted by Gasteiger charge is 2.10. The van der Waals surface area contributed by atoms with Crippen molar-refractivity contribution in [1.29, 1.82) is 0 Å². The Labute approximate surface area is 140 Å². The smallest absolute Gasteiger partial charge is 0.171 e. The van der Waals surface area contributed by atoms with Gasteiger partial charge in [-0.15, -0.1) is 0 Å². The molecule has 2 aromatic rings. The molecule has 0 saturated carbocycles. The van der Waals surface area contributed by atoms with Crippen molar-refractivity contribution in [2.75, 3.05) is 19.5 Å². The maximum absolute atomic E-state index is 13.8. The van der Waals surface area contributed by atoms with Gasteiger partial charge >= 0.3 is 0 Å². The third-order valence-electron chi connectivity index (χ3n) is 3.37. The Morgan fingerprint density at radius 2 is 1.78 bits per heavy atom. The van der Waals surface area contributed by atoms with Gasteiger partial charge in [-0.05, 0) is 61.1 Å². The molecule has 122 valence electrons. The van der Waals surface area contributed by atoms with Crippen molar-refractivity contribution in [2.45, 2.75) is 13.0 Å². The summed E-state index contributed by atoms with van der Waals surface area (Å²) in [6.07, 6.45) is 0. The Hall–Kier alpha value is -2.34. The van der Waals surface area contributed by atoms with E-state index in [4.69, 9.17) is 21.7 Å². The van der Waals surface area contributed by atoms with E-state index < -0.39 is 5.82 Å². The predicted molar refractivity (Wildman–Crippen MR) is 93.7 cm³/mol. The van der Waals surface area contributed by atoms with Gasteiger partial charge in [0.05, 0.1) is 20.3 Å². The molecule has 23 heavy (non-hydrogen) atoms. The Morgan fingerprint density at radius 1 is 1.09 bits per heavy atom. The van der Waals surface area contributed by atoms with Crippen molar-refractivity contribution in [3.63, 3.8) is 0 Å². The monoisotopic (exact) mass is 334 g/mol. The van der Waals surface area contributed by atoms with E-state index in [1.54, 1.807) is 19.2 Å². The van der Waals surface area contributed by atoms with Crippen molar-refractivity contribution in [3.8, 4) is 11.5 Å². The Kier molecular flexibility index (Phi) is 5.76. The van der Waals surface area contributed by atoms with Gasteiger partial charge in [-0.1, -0.05) is 6.07 Å². The molecule has 0 spiro atoms. The number of anilines is 1. The summed E-state index contributed by atoms with van der Waals surface area (Å²) in [5.41, 5.74) is 1.62. The topological polar surface area (TPSA) is 42.5 Å². The van der Waals surface area contributed by atoms with Crippen LogP contribution < -0.4 is 20.1 Å². The molecule has 2 rings (SSSR count). The van der Waals surface area contributed by atoms with E-state index in [0.717, 1.165) is 17.0 Å². The average Bonchev–Trinajstić information content (AvgIpc) is 2.55. The lowest BCUT2D eigenvalue weighted by atomic mass is 10.1. The first kappa shape index (κ1) is 17.0. The van der Waals surface area contributed by atoms with Crippen LogP contribution in [0.5, 0.6) is 11.5 Å². The number of rotatable bonds is 5. The highest BCUT2D eigenvalue weighted by atomic mass is 32.1. The van der Waals surface area contributed by atoms with E-state index in [-0.39, 0.29) is 11.8 Å². The molecule has 2 N–H and O–H groups in total. The molecule has 0 fully saturated rings. The molecule has 0 amide bonds. The average molecular weight is 334 g/mol. The minimum atomic E-state index is -0.396. The van der Waals surface area contributed by atoms with E-state index >= 15 is 0 Å². The number of nitrogens with one attached hydrogen (secondary N) is 2. The van der Waals surface area contributed by atoms with Crippen molar-refractivity contribution in [3.05, 3.63) is 53.8 Å². The second kappa shape index (κ2) is 7.78. The number of benzene rings is 2. The van der Waals surface area contributed by atoms with Crippen LogP contribution in [0.15, 0.2) is 42.5 Å². The molecule has 0 aliphatic carbocycles. The summed E-state index contributed by atoms with van der Waals surface area (Å²) in [5.74, 6) is 0.601. The number of thiocarbonyl (C=S) groups is 1. The Bertz CT molecular complexity index is 677. The predicted octanol–water partition coefficient (Wildman–Crippen LogP) is 3.89. The second-order valence-electron chi connectivity index (χ2n) is 4.94. The minimum absolute atomic E-state index is 0.145. The van der Waals surface area contributed by atoms with E-state index in [1.807, 2.05) is 31.2 Å². The molecule has 0 aliphatic rings. The van der Waals surface area contributed by atoms with E-state index in [1.165, 1.54) is 13.2 Å². The van der Waals surface area contributed by atoms with Gasteiger partial charge < -0.3 is 20.1 Å². The highest BCUT2D eigenvalue weighted by Crippen LogP contribution is 2.22. The summed E-state index contributed by atoms with van der Waals surface area (Å²) in [4.78, 5) is 0. The quantitative estimate of drug-likeness (QED) is 0.812. The fourth-order valence-corrected chi connectivity index (χ4v) is 2.37. The van der Waals surface area contributed by atoms with Crippen LogP contribution in [0.2, 0.25) is 0 Å². The van der Waals surface area contributed by atoms with Crippen LogP contribution in [0.1, 0.15) is 18.5 Å². The summed E-state index contributed by atoms with van der Waals surface area (Å²) in [7, 11) is 3.05. The van der Waals surface area contributed by atoms with Crippen molar-refractivity contribution >= 4 is 23.0 Å². The second-order valence-corrected chi connectivity index (χ2v) is 5.35. The van der Waals surface area contributed by atoms with Gasteiger partial charge in [-0.3, -0.25) is 0 Å². The Balaban J connectivity index is 1.97. The molecule has 1 atom stereocenters. The largest absolute Gasteiger partial charge is 0.497 e. The Morgan fingerprint density at radius 3 is 2.35 bits per heavy atom. The number of halogens is 1. The first-order valence-electron chi connectivity index (χ1n) is 7.08. The zero-order chi connectivity index (χ0) is 16.8. The summed E-state index contributed by atoms with van der Waals surface area (Å²) >= 11 is 5.28. The first-order chi connectivity index (χ1) is 11.0. The van der Waals surface area contributed by atoms with Crippen molar-refractivity contribution in [1.82, 2.24) is 5.32 Å². The molecule has 0 bridgehead atoms. The van der Waals surface area contributed by atoms with E-state index in [2.05, 4.69) is 10.6 Å². The zero-order valence-corrected chi connectivity index (χ0v) is 14.0. The molecular formula is C17H19FN2O2S. The molecule has 0 unspecified atom stereocenters. The summed E-state index contributed by atoms with van der Waals surface area (Å²) in [6, 6.07) is 12.1. The van der Waals surface area contributed by atoms with Gasteiger partial charge in [-0.25, -0.2) is 4.39 Å². The van der Waals surface area contributed by atoms with Crippen LogP contribution in [-0.2, 0) is 0 Å². The van der Waals surface area contributed by atoms with Crippen LogP contribution in [0.4, 0.5) is 10.1 Å². The summed E-state index contributed by atoms with van der Waals surface area (Å²) in [5, 5.41) is 6.65. The molecular weight excluding hydrogens is 315 g/mol. The maximum Gasteiger partial charge on any atom is 0.171 e. The third kappa shape index (κ3) is 4.56. The molecule has 0 heterocycles. The van der Waals surface area contributed by atoms with Crippen molar-refractivity contribution in [2.24, 2.45) is 0 Å². The summed E-state index contributed by atoms with van der Waals surface area (Å²) in [6.45, 7) is 1.91. The van der Waals surface area contributed by atoms with Crippen LogP contribution in [0.25, 0.3) is 0 Å². The first-order valence-corrected chi connectivity index (χ1v) is 7.49. The van der Waals surface area contributed by atoms with Gasteiger partial charge in [0, 0.05) is 5.69 Å². The molecule has 0 saturated heterocycles. The van der Waals surface area contributed by atoms with Gasteiger partial charge in [0.2, 0.25) is 0 Å². The fourth-order valence-electron chi connectivity index (χ4n) is 2.07. The molecule has 0 aromatic heterocycles. The molecule has 6 heteroatoms. The zero-order valence-electron chi connectivity index (χ0n) is 13.2. The molecule has 2 aromatic carbocycles. The van der Waals surface area contributed by atoms with Crippen LogP contribution in [0, 0.1) is 5.82 Å². The maximum atomic E-state index is 13.8. The van der Waals surface area contributed by atoms with Crippen LogP contribution >= 0.6 is 12.2 Å². The van der Waals surface area contributed by atoms with Crippen molar-refractivity contribution < 1.29 is 13.9 Å². The normalized spacial score (nSPS) is 11.5. The standard InChI is InChI=1S/C17H19FN2O2S/c1-11(12-4-9-16(22-3)15(18)10-12)19-17(23)20-13-5-7-14(21-2)8-6-13/h4-11H,1-3H3,(H2,19,20,23)/t11-/m0/s1. The molecule has 4 nitrogen and oxygen atoms in total. The van der Waals surface area contributed by atoms with Gasteiger partial charge in [0.1, 0.15) is 5.75 Å². The fraction of sp³-hybridized carbons (Fsp3) is 0.235. The van der Waals surface area contributed by atoms with Gasteiger partial charge in [0.15, 0.2) is 16.7 Å². The third-order valence-corrected chi connectivity index (χ3v) is 3.59. The van der Waals surface area contributed by atoms with Crippen LogP contribution in [0.3, 0.4) is 0 Å². The minimum Gasteiger partial charge on any atom is -0.497 e. The molecule has 0 aliphatic heterocycles. The van der Waals surface area contributed by atoms with E-state index in [9.17, 15) is 4.39 Å². The summed E-state index contributed by atoms with van der Waals surface area (Å²) < 4.78 is 23.8. The number of hydrogen-bond acceptors (Lipinski definition) is 3. The number of methoxy groups -OCH3 is 2. The van der Waals surface area contributed by atoms with Gasteiger partial charge in [0.25, 0.3) is 0 Å². The molecule has 0 radical (unpaired) electrons. The highest BCUT2D eigenvalue weighted by molar-refractivity contribution is 7.80. The lowest BCUT2D eigenvalue weighted by Gasteiger charge is -2.18. The SMILES string of the molecule is COc1ccc(NC(=S)N[C@@H](C)c2ccc(OC)c(F)c2)cc1. The number of ether oxygens (including phenoxy) is 2.